The number of nitrogens with zero attached hydrogens (tertiary/aromatic N) is 1. The maximum atomic E-state index is 13.1. The molecule has 0 radical (unpaired) electrons. The fraction of sp³-hybridized carbons (Fsp3) is 0.226. The number of halogens is 1. The van der Waals surface area contributed by atoms with Crippen LogP contribution in [0, 0.1) is 5.82 Å². The van der Waals surface area contributed by atoms with Gasteiger partial charge in [0.1, 0.15) is 30.0 Å². The summed E-state index contributed by atoms with van der Waals surface area (Å²) in [7, 11) is -2.10. The lowest BCUT2D eigenvalue weighted by Gasteiger charge is -2.25. The van der Waals surface area contributed by atoms with Gasteiger partial charge in [0.15, 0.2) is 0 Å². The van der Waals surface area contributed by atoms with Crippen LogP contribution in [0.15, 0.2) is 113 Å². The third-order valence-corrected chi connectivity index (χ3v) is 8.08. The van der Waals surface area contributed by atoms with Crippen LogP contribution in [0.25, 0.3) is 0 Å². The van der Waals surface area contributed by atoms with Gasteiger partial charge >= 0.3 is 0 Å². The molecule has 0 amide bonds. The zero-order valence-corrected chi connectivity index (χ0v) is 22.6. The second kappa shape index (κ2) is 13.4. The molecule has 4 rings (SSSR count). The third kappa shape index (κ3) is 8.13. The highest BCUT2D eigenvalue weighted by Crippen LogP contribution is 2.23. The highest BCUT2D eigenvalue weighted by atomic mass is 32.2. The summed E-state index contributed by atoms with van der Waals surface area (Å²) in [6.45, 7) is 1.74. The molecule has 6 nitrogen and oxygen atoms in total. The van der Waals surface area contributed by atoms with E-state index in [0.717, 1.165) is 11.1 Å². The Bertz CT molecular complexity index is 1410. The van der Waals surface area contributed by atoms with Crippen molar-refractivity contribution in [1.82, 2.24) is 4.90 Å². The van der Waals surface area contributed by atoms with Gasteiger partial charge in [0, 0.05) is 19.6 Å². The predicted octanol–water partition coefficient (Wildman–Crippen LogP) is 5.15. The predicted molar refractivity (Wildman–Crippen MR) is 148 cm³/mol. The van der Waals surface area contributed by atoms with E-state index in [1.807, 2.05) is 42.5 Å². The molecule has 0 spiro atoms. The van der Waals surface area contributed by atoms with Crippen molar-refractivity contribution in [3.8, 4) is 11.5 Å². The minimum atomic E-state index is -3.63. The molecule has 0 aliphatic rings. The van der Waals surface area contributed by atoms with E-state index in [9.17, 15) is 17.9 Å². The molecule has 39 heavy (non-hydrogen) atoms. The molecular formula is C31H32FNO5S. The molecule has 1 atom stereocenters. The van der Waals surface area contributed by atoms with Crippen molar-refractivity contribution in [2.45, 2.75) is 28.9 Å². The van der Waals surface area contributed by atoms with Crippen LogP contribution in [0.4, 0.5) is 4.39 Å². The van der Waals surface area contributed by atoms with Crippen molar-refractivity contribution in [3.05, 3.63) is 120 Å². The van der Waals surface area contributed by atoms with E-state index in [1.165, 1.54) is 43.5 Å². The van der Waals surface area contributed by atoms with E-state index in [0.29, 0.717) is 37.6 Å². The SMILES string of the molecule is COc1ccc(S(=O)(=O)c2ccc(CCN(Cc3ccccc3)CC(O)COc3ccc(F)cc3)cc2)cc1. The molecule has 0 heterocycles. The van der Waals surface area contributed by atoms with Gasteiger partial charge in [-0.2, -0.15) is 0 Å². The van der Waals surface area contributed by atoms with Gasteiger partial charge in [0.2, 0.25) is 9.84 Å². The minimum absolute atomic E-state index is 0.0782. The van der Waals surface area contributed by atoms with Crippen molar-refractivity contribution < 1.29 is 27.4 Å². The molecule has 0 saturated carbocycles. The second-order valence-corrected chi connectivity index (χ2v) is 11.2. The third-order valence-electron chi connectivity index (χ3n) is 6.29. The summed E-state index contributed by atoms with van der Waals surface area (Å²) >= 11 is 0. The van der Waals surface area contributed by atoms with Crippen molar-refractivity contribution in [1.29, 1.82) is 0 Å². The standard InChI is InChI=1S/C31H32FNO5S/c1-37-28-13-17-31(18-14-28)39(35,36)30-15-7-24(8-16-30)19-20-33(21-25-5-3-2-4-6-25)22-27(34)23-38-29-11-9-26(32)10-12-29/h2-18,27,34H,19-23H2,1H3. The Labute approximate surface area is 229 Å². The molecule has 1 unspecified atom stereocenters. The van der Waals surface area contributed by atoms with E-state index >= 15 is 0 Å². The number of aliphatic hydroxyl groups is 1. The molecule has 4 aromatic carbocycles. The first kappa shape index (κ1) is 28.3. The van der Waals surface area contributed by atoms with Crippen LogP contribution >= 0.6 is 0 Å². The van der Waals surface area contributed by atoms with Crippen molar-refractivity contribution in [2.24, 2.45) is 0 Å². The van der Waals surface area contributed by atoms with Gasteiger partial charge in [-0.1, -0.05) is 42.5 Å². The quantitative estimate of drug-likeness (QED) is 0.249. The van der Waals surface area contributed by atoms with E-state index in [-0.39, 0.29) is 22.2 Å². The number of hydrogen-bond acceptors (Lipinski definition) is 6. The van der Waals surface area contributed by atoms with Crippen LogP contribution in [-0.2, 0) is 22.8 Å². The minimum Gasteiger partial charge on any atom is -0.497 e. The Morgan fingerprint density at radius 2 is 1.38 bits per heavy atom. The monoisotopic (exact) mass is 549 g/mol. The maximum Gasteiger partial charge on any atom is 0.206 e. The first-order valence-electron chi connectivity index (χ1n) is 12.6. The number of rotatable bonds is 13. The number of benzene rings is 4. The summed E-state index contributed by atoms with van der Waals surface area (Å²) in [5.74, 6) is 0.745. The second-order valence-electron chi connectivity index (χ2n) is 9.21. The molecule has 4 aromatic rings. The summed E-state index contributed by atoms with van der Waals surface area (Å²) in [6, 6.07) is 28.9. The summed E-state index contributed by atoms with van der Waals surface area (Å²) in [4.78, 5) is 2.57. The largest absolute Gasteiger partial charge is 0.497 e. The smallest absolute Gasteiger partial charge is 0.206 e. The first-order valence-corrected chi connectivity index (χ1v) is 14.1. The summed E-state index contributed by atoms with van der Waals surface area (Å²) in [5, 5.41) is 10.7. The van der Waals surface area contributed by atoms with E-state index in [1.54, 1.807) is 24.3 Å². The molecule has 0 bridgehead atoms. The van der Waals surface area contributed by atoms with E-state index in [4.69, 9.17) is 9.47 Å². The highest BCUT2D eigenvalue weighted by Gasteiger charge is 2.18. The Morgan fingerprint density at radius 3 is 2.00 bits per heavy atom. The zero-order chi connectivity index (χ0) is 27.7. The normalized spacial score (nSPS) is 12.3. The van der Waals surface area contributed by atoms with Gasteiger partial charge in [-0.15, -0.1) is 0 Å². The average molecular weight is 550 g/mol. The van der Waals surface area contributed by atoms with Crippen LogP contribution in [0.1, 0.15) is 11.1 Å². The fourth-order valence-electron chi connectivity index (χ4n) is 4.16. The number of methoxy groups -OCH3 is 1. The number of hydrogen-bond donors (Lipinski definition) is 1. The Kier molecular flexibility index (Phi) is 9.70. The molecule has 0 saturated heterocycles. The lowest BCUT2D eigenvalue weighted by molar-refractivity contribution is 0.0659. The Balaban J connectivity index is 1.38. The molecule has 0 fully saturated rings. The lowest BCUT2D eigenvalue weighted by atomic mass is 10.1. The molecule has 0 aromatic heterocycles. The van der Waals surface area contributed by atoms with Gasteiger partial charge in [-0.25, -0.2) is 12.8 Å². The Morgan fingerprint density at radius 1 is 0.795 bits per heavy atom. The zero-order valence-electron chi connectivity index (χ0n) is 21.7. The van der Waals surface area contributed by atoms with Crippen molar-refractivity contribution >= 4 is 9.84 Å². The summed E-state index contributed by atoms with van der Waals surface area (Å²) in [5.41, 5.74) is 2.10. The van der Waals surface area contributed by atoms with Gasteiger partial charge in [0.25, 0.3) is 0 Å². The van der Waals surface area contributed by atoms with Crippen LogP contribution in [0.3, 0.4) is 0 Å². The van der Waals surface area contributed by atoms with Gasteiger partial charge in [-0.05, 0) is 78.2 Å². The number of ether oxygens (including phenoxy) is 2. The topological polar surface area (TPSA) is 76.1 Å². The van der Waals surface area contributed by atoms with Crippen LogP contribution < -0.4 is 9.47 Å². The van der Waals surface area contributed by atoms with Crippen LogP contribution in [0.2, 0.25) is 0 Å². The molecule has 0 aliphatic carbocycles. The summed E-state index contributed by atoms with van der Waals surface area (Å²) in [6.07, 6.45) is -0.0860. The van der Waals surface area contributed by atoms with E-state index < -0.39 is 15.9 Å². The van der Waals surface area contributed by atoms with Crippen molar-refractivity contribution in [3.63, 3.8) is 0 Å². The highest BCUT2D eigenvalue weighted by molar-refractivity contribution is 7.91. The molecule has 1 N–H and O–H groups in total. The number of aliphatic hydroxyl groups excluding tert-OH is 1. The van der Waals surface area contributed by atoms with Gasteiger partial charge in [0.05, 0.1) is 16.9 Å². The first-order chi connectivity index (χ1) is 18.8. The molecule has 0 aliphatic heterocycles. The van der Waals surface area contributed by atoms with Gasteiger partial charge in [-0.3, -0.25) is 4.90 Å². The maximum absolute atomic E-state index is 13.1. The van der Waals surface area contributed by atoms with Crippen LogP contribution in [0.5, 0.6) is 11.5 Å². The molecule has 8 heteroatoms. The molecule has 204 valence electrons. The fourth-order valence-corrected chi connectivity index (χ4v) is 5.42. The lowest BCUT2D eigenvalue weighted by Crippen LogP contribution is -2.36. The average Bonchev–Trinajstić information content (AvgIpc) is 2.96. The number of sulfone groups is 1. The van der Waals surface area contributed by atoms with Crippen LogP contribution in [-0.4, -0.2) is 51.3 Å². The van der Waals surface area contributed by atoms with E-state index in [2.05, 4.69) is 4.90 Å². The molecular weight excluding hydrogens is 517 g/mol. The van der Waals surface area contributed by atoms with Gasteiger partial charge < -0.3 is 14.6 Å². The van der Waals surface area contributed by atoms with Crippen molar-refractivity contribution in [2.75, 3.05) is 26.8 Å². The summed E-state index contributed by atoms with van der Waals surface area (Å²) < 4.78 is 49.9. The Hall–Kier alpha value is -3.72.